The zero-order valence-corrected chi connectivity index (χ0v) is 20.1. The number of amides is 1. The quantitative estimate of drug-likeness (QED) is 0.245. The number of aliphatic hydroxyl groups excluding tert-OH is 1. The molecule has 1 saturated heterocycles. The van der Waals surface area contributed by atoms with Crippen molar-refractivity contribution in [2.75, 3.05) is 20.3 Å². The number of thiophene rings is 1. The van der Waals surface area contributed by atoms with E-state index in [9.17, 15) is 14.7 Å². The molecule has 0 aliphatic carbocycles. The number of aliphatic hydroxyl groups is 1. The fourth-order valence-corrected chi connectivity index (χ4v) is 4.74. The highest BCUT2D eigenvalue weighted by molar-refractivity contribution is 7.10. The molecule has 0 radical (unpaired) electrons. The lowest BCUT2D eigenvalue weighted by atomic mass is 9.95. The second-order valence-corrected chi connectivity index (χ2v) is 9.37. The third kappa shape index (κ3) is 4.89. The first-order chi connectivity index (χ1) is 15.3. The second kappa shape index (κ2) is 10.3. The van der Waals surface area contributed by atoms with Gasteiger partial charge >= 0.3 is 0 Å². The van der Waals surface area contributed by atoms with Crippen molar-refractivity contribution in [3.05, 3.63) is 57.3 Å². The number of ketones is 1. The Morgan fingerprint density at radius 2 is 1.94 bits per heavy atom. The number of ether oxygens (including phenoxy) is 2. The summed E-state index contributed by atoms with van der Waals surface area (Å²) in [6.07, 6.45) is 0.705. The Hall–Kier alpha value is -2.64. The van der Waals surface area contributed by atoms with Gasteiger partial charge in [0, 0.05) is 23.6 Å². The molecule has 172 valence electrons. The molecule has 1 aromatic carbocycles. The molecule has 0 saturated carbocycles. The molecule has 32 heavy (non-hydrogen) atoms. The summed E-state index contributed by atoms with van der Waals surface area (Å²) in [5.74, 6) is -0.530. The molecule has 1 aromatic heterocycles. The van der Waals surface area contributed by atoms with Crippen molar-refractivity contribution in [1.82, 2.24) is 4.90 Å². The van der Waals surface area contributed by atoms with E-state index in [1.807, 2.05) is 51.3 Å². The van der Waals surface area contributed by atoms with Gasteiger partial charge in [0.05, 0.1) is 24.8 Å². The van der Waals surface area contributed by atoms with Crippen LogP contribution in [0.4, 0.5) is 0 Å². The number of carbonyl (C=O) groups is 2. The number of rotatable bonds is 9. The number of methoxy groups -OCH3 is 1. The molecule has 7 heteroatoms. The van der Waals surface area contributed by atoms with Gasteiger partial charge in [-0.25, -0.2) is 0 Å². The predicted octanol–water partition coefficient (Wildman–Crippen LogP) is 5.12. The molecule has 2 aromatic rings. The van der Waals surface area contributed by atoms with Crippen molar-refractivity contribution in [3.63, 3.8) is 0 Å². The maximum absolute atomic E-state index is 13.1. The highest BCUT2D eigenvalue weighted by Crippen LogP contribution is 2.41. The van der Waals surface area contributed by atoms with Crippen LogP contribution in [0.15, 0.2) is 41.3 Å². The van der Waals surface area contributed by atoms with Crippen molar-refractivity contribution >= 4 is 28.8 Å². The van der Waals surface area contributed by atoms with E-state index >= 15 is 0 Å². The standard InChI is InChI=1S/C25H31NO5S/c1-15(2)18-14-17(9-10-19(18)30-5)23(27)21-22(20-8-6-13-32-20)26(25(29)24(21)28)11-7-12-31-16(3)4/h6,8-10,13-16,22,27H,7,11-12H2,1-5H3/b23-21-. The van der Waals surface area contributed by atoms with E-state index in [0.29, 0.717) is 25.1 Å². The second-order valence-electron chi connectivity index (χ2n) is 8.39. The fourth-order valence-electron chi connectivity index (χ4n) is 3.90. The third-order valence-corrected chi connectivity index (χ3v) is 6.40. The first kappa shape index (κ1) is 24.0. The van der Waals surface area contributed by atoms with Gasteiger partial charge in [0.2, 0.25) is 0 Å². The minimum absolute atomic E-state index is 0.101. The SMILES string of the molecule is COc1ccc(/C(O)=C2/C(=O)C(=O)N(CCCOC(C)C)C2c2cccs2)cc1C(C)C. The highest BCUT2D eigenvalue weighted by Gasteiger charge is 2.46. The van der Waals surface area contributed by atoms with Gasteiger partial charge in [-0.05, 0) is 61.4 Å². The molecule has 1 N–H and O–H groups in total. The lowest BCUT2D eigenvalue weighted by molar-refractivity contribution is -0.140. The summed E-state index contributed by atoms with van der Waals surface area (Å²) >= 11 is 1.46. The predicted molar refractivity (Wildman–Crippen MR) is 126 cm³/mol. The van der Waals surface area contributed by atoms with Crippen LogP contribution in [0.2, 0.25) is 0 Å². The molecule has 0 spiro atoms. The molecule has 1 unspecified atom stereocenters. The Labute approximate surface area is 193 Å². The smallest absolute Gasteiger partial charge is 0.295 e. The first-order valence-corrected chi connectivity index (χ1v) is 11.8. The Morgan fingerprint density at radius 1 is 1.19 bits per heavy atom. The summed E-state index contributed by atoms with van der Waals surface area (Å²) in [6.45, 7) is 8.85. The monoisotopic (exact) mass is 457 g/mol. The summed E-state index contributed by atoms with van der Waals surface area (Å²) in [5.41, 5.74) is 1.54. The van der Waals surface area contributed by atoms with Crippen LogP contribution in [-0.2, 0) is 14.3 Å². The molecule has 1 atom stereocenters. The van der Waals surface area contributed by atoms with Gasteiger partial charge in [0.15, 0.2) is 0 Å². The van der Waals surface area contributed by atoms with E-state index in [4.69, 9.17) is 9.47 Å². The molecular weight excluding hydrogens is 426 g/mol. The van der Waals surface area contributed by atoms with Gasteiger partial charge in [0.1, 0.15) is 11.5 Å². The molecular formula is C25H31NO5S. The molecule has 1 aliphatic heterocycles. The van der Waals surface area contributed by atoms with Crippen LogP contribution in [0.3, 0.4) is 0 Å². The lowest BCUT2D eigenvalue weighted by Crippen LogP contribution is -2.31. The van der Waals surface area contributed by atoms with Crippen LogP contribution < -0.4 is 4.74 Å². The van der Waals surface area contributed by atoms with Crippen molar-refractivity contribution in [2.24, 2.45) is 0 Å². The fraction of sp³-hybridized carbons (Fsp3) is 0.440. The topological polar surface area (TPSA) is 76.1 Å². The van der Waals surface area contributed by atoms with Crippen LogP contribution >= 0.6 is 11.3 Å². The Bertz CT molecular complexity index is 994. The molecule has 1 amide bonds. The van der Waals surface area contributed by atoms with E-state index in [0.717, 1.165) is 16.2 Å². The van der Waals surface area contributed by atoms with E-state index in [-0.39, 0.29) is 23.4 Å². The summed E-state index contributed by atoms with van der Waals surface area (Å²) in [5, 5.41) is 13.1. The number of likely N-dealkylation sites (tertiary alicyclic amines) is 1. The number of hydrogen-bond donors (Lipinski definition) is 1. The average molecular weight is 458 g/mol. The third-order valence-electron chi connectivity index (χ3n) is 5.47. The summed E-state index contributed by atoms with van der Waals surface area (Å²) in [4.78, 5) is 28.4. The molecule has 6 nitrogen and oxygen atoms in total. The van der Waals surface area contributed by atoms with E-state index in [1.54, 1.807) is 24.1 Å². The Balaban J connectivity index is 2.03. The van der Waals surface area contributed by atoms with Crippen molar-refractivity contribution in [3.8, 4) is 5.75 Å². The van der Waals surface area contributed by atoms with Crippen LogP contribution in [-0.4, -0.2) is 48.1 Å². The van der Waals surface area contributed by atoms with Crippen LogP contribution in [0, 0.1) is 0 Å². The highest BCUT2D eigenvalue weighted by atomic mass is 32.1. The summed E-state index contributed by atoms with van der Waals surface area (Å²) in [6, 6.07) is 8.48. The lowest BCUT2D eigenvalue weighted by Gasteiger charge is -2.24. The van der Waals surface area contributed by atoms with Crippen molar-refractivity contribution in [1.29, 1.82) is 0 Å². The number of carbonyl (C=O) groups excluding carboxylic acids is 2. The van der Waals surface area contributed by atoms with E-state index in [2.05, 4.69) is 0 Å². The van der Waals surface area contributed by atoms with E-state index in [1.165, 1.54) is 11.3 Å². The van der Waals surface area contributed by atoms with Gasteiger partial charge in [-0.3, -0.25) is 9.59 Å². The largest absolute Gasteiger partial charge is 0.507 e. The van der Waals surface area contributed by atoms with Gasteiger partial charge in [0.25, 0.3) is 11.7 Å². The number of nitrogens with zero attached hydrogens (tertiary/aromatic N) is 1. The maximum atomic E-state index is 13.1. The maximum Gasteiger partial charge on any atom is 0.295 e. The minimum Gasteiger partial charge on any atom is -0.507 e. The Morgan fingerprint density at radius 3 is 2.53 bits per heavy atom. The molecule has 2 heterocycles. The van der Waals surface area contributed by atoms with Gasteiger partial charge < -0.3 is 19.5 Å². The Kier molecular flexibility index (Phi) is 7.74. The number of hydrogen-bond acceptors (Lipinski definition) is 6. The zero-order chi connectivity index (χ0) is 23.4. The summed E-state index contributed by atoms with van der Waals surface area (Å²) < 4.78 is 11.0. The molecule has 1 fully saturated rings. The van der Waals surface area contributed by atoms with Crippen LogP contribution in [0.5, 0.6) is 5.75 Å². The summed E-state index contributed by atoms with van der Waals surface area (Å²) in [7, 11) is 1.60. The normalized spacial score (nSPS) is 18.2. The van der Waals surface area contributed by atoms with Gasteiger partial charge in [-0.2, -0.15) is 0 Å². The van der Waals surface area contributed by atoms with Crippen molar-refractivity contribution < 1.29 is 24.2 Å². The van der Waals surface area contributed by atoms with Crippen LogP contribution in [0.1, 0.15) is 62.1 Å². The molecule has 1 aliphatic rings. The average Bonchev–Trinajstić information content (AvgIpc) is 3.37. The van der Waals surface area contributed by atoms with E-state index < -0.39 is 17.7 Å². The minimum atomic E-state index is -0.660. The van der Waals surface area contributed by atoms with Gasteiger partial charge in [-0.15, -0.1) is 11.3 Å². The van der Waals surface area contributed by atoms with Crippen LogP contribution in [0.25, 0.3) is 5.76 Å². The molecule has 3 rings (SSSR count). The van der Waals surface area contributed by atoms with Crippen molar-refractivity contribution in [2.45, 2.75) is 52.2 Å². The number of benzene rings is 1. The first-order valence-electron chi connectivity index (χ1n) is 10.9. The van der Waals surface area contributed by atoms with Gasteiger partial charge in [-0.1, -0.05) is 19.9 Å². The number of Topliss-reactive ketones (excluding diaryl/α,β-unsaturated/α-hetero) is 1. The zero-order valence-electron chi connectivity index (χ0n) is 19.3. The molecule has 0 bridgehead atoms.